The van der Waals surface area contributed by atoms with Gasteiger partial charge in [-0.15, -0.1) is 11.8 Å². The van der Waals surface area contributed by atoms with Gasteiger partial charge in [-0.2, -0.15) is 0 Å². The maximum absolute atomic E-state index is 12.5. The van der Waals surface area contributed by atoms with Gasteiger partial charge >= 0.3 is 0 Å². The van der Waals surface area contributed by atoms with Crippen LogP contribution in [0.25, 0.3) is 0 Å². The van der Waals surface area contributed by atoms with Gasteiger partial charge in [-0.05, 0) is 56.3 Å². The fourth-order valence-electron chi connectivity index (χ4n) is 3.04. The van der Waals surface area contributed by atoms with E-state index in [0.717, 1.165) is 5.75 Å². The summed E-state index contributed by atoms with van der Waals surface area (Å²) in [4.78, 5) is 38.2. The van der Waals surface area contributed by atoms with Crippen molar-refractivity contribution >= 4 is 40.7 Å². The number of nitrogens with zero attached hydrogens (tertiary/aromatic N) is 1. The van der Waals surface area contributed by atoms with E-state index in [2.05, 4.69) is 5.32 Å². The fourth-order valence-corrected chi connectivity index (χ4v) is 3.75. The molecule has 0 atom stereocenters. The van der Waals surface area contributed by atoms with E-state index in [4.69, 9.17) is 9.47 Å². The number of ketones is 1. The third-order valence-electron chi connectivity index (χ3n) is 4.46. The lowest BCUT2D eigenvalue weighted by Gasteiger charge is -2.28. The maximum Gasteiger partial charge on any atom is 0.265 e. The van der Waals surface area contributed by atoms with Crippen molar-refractivity contribution in [2.75, 3.05) is 41.5 Å². The highest BCUT2D eigenvalue weighted by atomic mass is 32.2. The molecule has 2 aromatic carbocycles. The van der Waals surface area contributed by atoms with Crippen LogP contribution in [0.15, 0.2) is 42.5 Å². The number of hydrogen-bond acceptors (Lipinski definition) is 6. The molecule has 0 unspecified atom stereocenters. The van der Waals surface area contributed by atoms with E-state index < -0.39 is 0 Å². The van der Waals surface area contributed by atoms with Gasteiger partial charge in [-0.25, -0.2) is 0 Å². The quantitative estimate of drug-likeness (QED) is 0.617. The number of rotatable bonds is 9. The number of nitrogens with one attached hydrogen (secondary N) is 1. The van der Waals surface area contributed by atoms with E-state index in [1.165, 1.54) is 11.8 Å². The second kappa shape index (κ2) is 10.2. The molecule has 2 aromatic rings. The third-order valence-corrected chi connectivity index (χ3v) is 5.39. The first-order valence-electron chi connectivity index (χ1n) is 9.72. The molecule has 0 saturated heterocycles. The Morgan fingerprint density at radius 1 is 1.13 bits per heavy atom. The van der Waals surface area contributed by atoms with Crippen LogP contribution in [0.1, 0.15) is 24.2 Å². The molecule has 0 aliphatic carbocycles. The number of anilines is 2. The topological polar surface area (TPSA) is 84.9 Å². The van der Waals surface area contributed by atoms with Crippen molar-refractivity contribution in [3.05, 3.63) is 48.0 Å². The van der Waals surface area contributed by atoms with Crippen LogP contribution in [0.3, 0.4) is 0 Å². The number of carbonyl (C=O) groups excluding carboxylic acids is 3. The van der Waals surface area contributed by atoms with Crippen LogP contribution < -0.4 is 19.7 Å². The van der Waals surface area contributed by atoms with E-state index >= 15 is 0 Å². The molecule has 1 aliphatic rings. The molecular formula is C22H24N2O5S. The lowest BCUT2D eigenvalue weighted by atomic mass is 10.1. The molecule has 3 rings (SSSR count). The third kappa shape index (κ3) is 5.33. The van der Waals surface area contributed by atoms with Crippen molar-refractivity contribution in [3.63, 3.8) is 0 Å². The summed E-state index contributed by atoms with van der Waals surface area (Å²) in [6.45, 7) is 4.88. The Balaban J connectivity index is 1.51. The number of Topliss-reactive ketones (excluding diaryl/α,β-unsaturated/α-hetero) is 1. The fraction of sp³-hybridized carbons (Fsp3) is 0.318. The zero-order chi connectivity index (χ0) is 21.5. The minimum Gasteiger partial charge on any atom is -0.494 e. The number of benzene rings is 2. The highest BCUT2D eigenvalue weighted by Gasteiger charge is 2.25. The van der Waals surface area contributed by atoms with Crippen molar-refractivity contribution in [2.45, 2.75) is 13.8 Å². The van der Waals surface area contributed by atoms with Crippen molar-refractivity contribution in [2.24, 2.45) is 0 Å². The van der Waals surface area contributed by atoms with Gasteiger partial charge in [-0.1, -0.05) is 0 Å². The maximum atomic E-state index is 12.5. The lowest BCUT2D eigenvalue weighted by molar-refractivity contribution is -0.121. The number of amides is 2. The Bertz CT molecular complexity index is 930. The number of ether oxygens (including phenoxy) is 2. The monoisotopic (exact) mass is 428 g/mol. The number of thioether (sulfide) groups is 1. The predicted octanol–water partition coefficient (Wildman–Crippen LogP) is 3.39. The summed E-state index contributed by atoms with van der Waals surface area (Å²) >= 11 is 1.24. The average Bonchev–Trinajstić information content (AvgIpc) is 2.74. The van der Waals surface area contributed by atoms with Crippen LogP contribution in [-0.2, 0) is 9.59 Å². The minimum absolute atomic E-state index is 0.00739. The Labute approximate surface area is 179 Å². The molecule has 1 aliphatic heterocycles. The van der Waals surface area contributed by atoms with Crippen molar-refractivity contribution in [1.29, 1.82) is 0 Å². The largest absolute Gasteiger partial charge is 0.494 e. The Morgan fingerprint density at radius 2 is 1.90 bits per heavy atom. The van der Waals surface area contributed by atoms with Crippen LogP contribution in [0, 0.1) is 0 Å². The summed E-state index contributed by atoms with van der Waals surface area (Å²) in [5.41, 5.74) is 1.78. The van der Waals surface area contributed by atoms with Gasteiger partial charge in [0.05, 0.1) is 23.8 Å². The highest BCUT2D eigenvalue weighted by Crippen LogP contribution is 2.33. The van der Waals surface area contributed by atoms with Gasteiger partial charge in [0, 0.05) is 17.8 Å². The summed E-state index contributed by atoms with van der Waals surface area (Å²) in [5, 5.41) is 2.80. The number of fused-ring (bicyclic) bond motifs is 1. The van der Waals surface area contributed by atoms with E-state index in [-0.39, 0.29) is 35.7 Å². The Kier molecular flexibility index (Phi) is 7.35. The minimum atomic E-state index is -0.182. The number of likely N-dealkylation sites (N-methyl/N-ethyl adjacent to an activating group) is 1. The summed E-state index contributed by atoms with van der Waals surface area (Å²) < 4.78 is 10.8. The molecule has 0 fully saturated rings. The summed E-state index contributed by atoms with van der Waals surface area (Å²) in [6.07, 6.45) is 0. The van der Waals surface area contributed by atoms with Crippen LogP contribution in [0.4, 0.5) is 11.4 Å². The lowest BCUT2D eigenvalue weighted by Crippen LogP contribution is -2.38. The zero-order valence-corrected chi connectivity index (χ0v) is 17.8. The van der Waals surface area contributed by atoms with E-state index in [9.17, 15) is 14.4 Å². The summed E-state index contributed by atoms with van der Waals surface area (Å²) in [6, 6.07) is 12.2. The van der Waals surface area contributed by atoms with Crippen LogP contribution in [-0.4, -0.2) is 48.9 Å². The first kappa shape index (κ1) is 21.7. The van der Waals surface area contributed by atoms with Gasteiger partial charge in [-0.3, -0.25) is 14.4 Å². The molecule has 0 aromatic heterocycles. The van der Waals surface area contributed by atoms with E-state index in [0.29, 0.717) is 35.8 Å². The molecule has 0 radical (unpaired) electrons. The SMILES string of the molecule is CCOc1ccc(NC(=O)CSCC(=O)c2ccc3c(c2)N(CC)C(=O)CO3)cc1. The molecule has 0 spiro atoms. The summed E-state index contributed by atoms with van der Waals surface area (Å²) in [5.74, 6) is 1.24. The predicted molar refractivity (Wildman–Crippen MR) is 118 cm³/mol. The molecule has 158 valence electrons. The normalized spacial score (nSPS) is 12.7. The second-order valence-electron chi connectivity index (χ2n) is 6.53. The first-order chi connectivity index (χ1) is 14.5. The van der Waals surface area contributed by atoms with Gasteiger partial charge in [0.25, 0.3) is 5.91 Å². The molecule has 30 heavy (non-hydrogen) atoms. The van der Waals surface area contributed by atoms with Gasteiger partial charge < -0.3 is 19.7 Å². The van der Waals surface area contributed by atoms with Crippen LogP contribution >= 0.6 is 11.8 Å². The second-order valence-corrected chi connectivity index (χ2v) is 7.52. The van der Waals surface area contributed by atoms with Crippen molar-refractivity contribution in [3.8, 4) is 11.5 Å². The van der Waals surface area contributed by atoms with Gasteiger partial charge in [0.15, 0.2) is 12.4 Å². The highest BCUT2D eigenvalue weighted by molar-refractivity contribution is 8.00. The van der Waals surface area contributed by atoms with Gasteiger partial charge in [0.1, 0.15) is 11.5 Å². The molecule has 8 heteroatoms. The summed E-state index contributed by atoms with van der Waals surface area (Å²) in [7, 11) is 0. The Morgan fingerprint density at radius 3 is 2.60 bits per heavy atom. The molecular weight excluding hydrogens is 404 g/mol. The number of carbonyl (C=O) groups is 3. The molecule has 1 N–H and O–H groups in total. The molecule has 1 heterocycles. The van der Waals surface area contributed by atoms with Gasteiger partial charge in [0.2, 0.25) is 5.91 Å². The molecule has 0 saturated carbocycles. The number of hydrogen-bond donors (Lipinski definition) is 1. The smallest absolute Gasteiger partial charge is 0.265 e. The van der Waals surface area contributed by atoms with Crippen molar-refractivity contribution in [1.82, 2.24) is 0 Å². The van der Waals surface area contributed by atoms with Crippen LogP contribution in [0.2, 0.25) is 0 Å². The molecule has 2 amide bonds. The van der Waals surface area contributed by atoms with Crippen LogP contribution in [0.5, 0.6) is 11.5 Å². The molecule has 7 nitrogen and oxygen atoms in total. The standard InChI is InChI=1S/C22H24N2O5S/c1-3-24-18-11-15(5-10-20(18)29-12-22(24)27)19(25)13-30-14-21(26)23-16-6-8-17(9-7-16)28-4-2/h5-11H,3-4,12-14H2,1-2H3,(H,23,26). The van der Waals surface area contributed by atoms with E-state index in [1.807, 2.05) is 13.8 Å². The van der Waals surface area contributed by atoms with Crippen molar-refractivity contribution < 1.29 is 23.9 Å². The van der Waals surface area contributed by atoms with E-state index in [1.54, 1.807) is 47.4 Å². The average molecular weight is 429 g/mol. The first-order valence-corrected chi connectivity index (χ1v) is 10.9. The Hall–Kier alpha value is -3.00. The molecule has 0 bridgehead atoms. The zero-order valence-electron chi connectivity index (χ0n) is 17.0.